The van der Waals surface area contributed by atoms with Crippen molar-refractivity contribution in [3.05, 3.63) is 18.2 Å². The molecule has 0 radical (unpaired) electrons. The van der Waals surface area contributed by atoms with Crippen molar-refractivity contribution in [2.45, 2.75) is 48.0 Å². The van der Waals surface area contributed by atoms with Crippen LogP contribution in [0.1, 0.15) is 47.4 Å². The zero-order chi connectivity index (χ0) is 13.7. The third-order valence-corrected chi connectivity index (χ3v) is 1.44. The third-order valence-electron chi connectivity index (χ3n) is 1.44. The molecule has 0 unspecified atom stereocenters. The van der Waals surface area contributed by atoms with E-state index in [0.717, 1.165) is 12.2 Å². The number of ketones is 1. The van der Waals surface area contributed by atoms with Gasteiger partial charge in [0.05, 0.1) is 12.4 Å². The molecule has 1 heterocycles. The van der Waals surface area contributed by atoms with E-state index in [1.165, 1.54) is 6.92 Å². The predicted molar refractivity (Wildman–Crippen MR) is 70.3 cm³/mol. The average molecular weight is 240 g/mol. The van der Waals surface area contributed by atoms with E-state index in [9.17, 15) is 4.79 Å². The summed E-state index contributed by atoms with van der Waals surface area (Å²) >= 11 is 0. The molecule has 4 heteroatoms. The summed E-state index contributed by atoms with van der Waals surface area (Å²) in [7, 11) is 0. The van der Waals surface area contributed by atoms with Gasteiger partial charge < -0.3 is 4.74 Å². The molecule has 1 rings (SSSR count). The van der Waals surface area contributed by atoms with Crippen LogP contribution in [0.2, 0.25) is 0 Å². The first-order chi connectivity index (χ1) is 8.22. The number of ether oxygens (including phenoxy) is 1. The molecule has 17 heavy (non-hydrogen) atoms. The zero-order valence-electron chi connectivity index (χ0n) is 11.8. The van der Waals surface area contributed by atoms with Gasteiger partial charge in [-0.15, -0.1) is 0 Å². The number of carbonyl (C=O) groups is 1. The Balaban J connectivity index is 0. The third kappa shape index (κ3) is 9.48. The summed E-state index contributed by atoms with van der Waals surface area (Å²) in [6.45, 7) is 11.5. The first-order valence-corrected chi connectivity index (χ1v) is 6.15. The first-order valence-electron chi connectivity index (χ1n) is 6.15. The molecule has 0 amide bonds. The molecule has 4 nitrogen and oxygen atoms in total. The maximum absolute atomic E-state index is 10.6. The van der Waals surface area contributed by atoms with Crippen LogP contribution in [0.25, 0.3) is 0 Å². The van der Waals surface area contributed by atoms with Crippen molar-refractivity contribution < 1.29 is 9.53 Å². The number of carbonyl (C=O) groups excluding carboxylic acids is 1. The number of hydrogen-bond acceptors (Lipinski definition) is 4. The van der Waals surface area contributed by atoms with Crippen LogP contribution < -0.4 is 4.74 Å². The van der Waals surface area contributed by atoms with Crippen molar-refractivity contribution in [2.75, 3.05) is 6.61 Å². The van der Waals surface area contributed by atoms with Gasteiger partial charge >= 0.3 is 0 Å². The largest absolute Gasteiger partial charge is 0.483 e. The smallest absolute Gasteiger partial charge is 0.167 e. The van der Waals surface area contributed by atoms with Crippen molar-refractivity contribution >= 4 is 5.78 Å². The van der Waals surface area contributed by atoms with Gasteiger partial charge in [0.25, 0.3) is 0 Å². The van der Waals surface area contributed by atoms with Gasteiger partial charge in [-0.05, 0) is 6.92 Å². The van der Waals surface area contributed by atoms with E-state index in [2.05, 4.69) is 9.97 Å². The monoisotopic (exact) mass is 240 g/mol. The molecule has 0 aromatic carbocycles. The molecule has 0 aliphatic heterocycles. The Kier molecular flexibility index (Phi) is 13.3. The van der Waals surface area contributed by atoms with Crippen LogP contribution in [-0.2, 0) is 11.2 Å². The van der Waals surface area contributed by atoms with E-state index < -0.39 is 0 Å². The van der Waals surface area contributed by atoms with E-state index in [-0.39, 0.29) is 12.4 Å². The lowest BCUT2D eigenvalue weighted by Crippen LogP contribution is -2.07. The van der Waals surface area contributed by atoms with Gasteiger partial charge in [-0.25, -0.2) is 9.97 Å². The van der Waals surface area contributed by atoms with Crippen LogP contribution >= 0.6 is 0 Å². The Labute approximate surface area is 104 Å². The molecule has 0 aliphatic carbocycles. The minimum absolute atomic E-state index is 0.0143. The van der Waals surface area contributed by atoms with Crippen molar-refractivity contribution in [1.29, 1.82) is 0 Å². The lowest BCUT2D eigenvalue weighted by molar-refractivity contribution is -0.118. The summed E-state index contributed by atoms with van der Waals surface area (Å²) in [5.41, 5.74) is 0. The Morgan fingerprint density at radius 3 is 2.00 bits per heavy atom. The van der Waals surface area contributed by atoms with Crippen molar-refractivity contribution in [3.8, 4) is 5.75 Å². The molecule has 98 valence electrons. The van der Waals surface area contributed by atoms with Crippen LogP contribution in [0.3, 0.4) is 0 Å². The lowest BCUT2D eigenvalue weighted by atomic mass is 10.4. The standard InChI is InChI=1S/C9H12N2O2.2C2H6/c1-3-9-10-4-8(5-11-9)13-6-7(2)12;2*1-2/h4-5H,3,6H2,1-2H3;2*1-2H3. The van der Waals surface area contributed by atoms with Gasteiger partial charge in [-0.3, -0.25) is 4.79 Å². The number of hydrogen-bond donors (Lipinski definition) is 0. The molecule has 0 spiro atoms. The highest BCUT2D eigenvalue weighted by molar-refractivity contribution is 5.77. The first kappa shape index (κ1) is 17.9. The summed E-state index contributed by atoms with van der Waals surface area (Å²) in [6.07, 6.45) is 3.95. The van der Waals surface area contributed by atoms with E-state index in [0.29, 0.717) is 5.75 Å². The average Bonchev–Trinajstić information content (AvgIpc) is 2.41. The van der Waals surface area contributed by atoms with Crippen molar-refractivity contribution in [1.82, 2.24) is 9.97 Å². The fourth-order valence-corrected chi connectivity index (χ4v) is 0.785. The van der Waals surface area contributed by atoms with Crippen molar-refractivity contribution in [3.63, 3.8) is 0 Å². The minimum atomic E-state index is -0.0143. The van der Waals surface area contributed by atoms with Gasteiger partial charge in [0, 0.05) is 6.42 Å². The normalized spacial score (nSPS) is 8.12. The topological polar surface area (TPSA) is 52.1 Å². The number of nitrogens with zero attached hydrogens (tertiary/aromatic N) is 2. The second-order valence-corrected chi connectivity index (χ2v) is 2.68. The molecular formula is C13H24N2O2. The number of Topliss-reactive ketones (excluding diaryl/α,β-unsaturated/α-hetero) is 1. The second kappa shape index (κ2) is 12.6. The molecule has 0 saturated carbocycles. The molecule has 0 fully saturated rings. The Morgan fingerprint density at radius 1 is 1.18 bits per heavy atom. The molecule has 0 N–H and O–H groups in total. The van der Waals surface area contributed by atoms with E-state index in [4.69, 9.17) is 4.74 Å². The molecular weight excluding hydrogens is 216 g/mol. The summed E-state index contributed by atoms with van der Waals surface area (Å²) in [6, 6.07) is 0. The zero-order valence-corrected chi connectivity index (χ0v) is 11.8. The summed E-state index contributed by atoms with van der Waals surface area (Å²) in [5, 5.41) is 0. The molecule has 0 aliphatic rings. The van der Waals surface area contributed by atoms with Crippen LogP contribution in [0, 0.1) is 0 Å². The second-order valence-electron chi connectivity index (χ2n) is 2.68. The van der Waals surface area contributed by atoms with E-state index in [1.807, 2.05) is 34.6 Å². The quantitative estimate of drug-likeness (QED) is 0.811. The fourth-order valence-electron chi connectivity index (χ4n) is 0.785. The summed E-state index contributed by atoms with van der Waals surface area (Å²) in [4.78, 5) is 18.6. The highest BCUT2D eigenvalue weighted by Crippen LogP contribution is 2.05. The van der Waals surface area contributed by atoms with Gasteiger partial charge in [-0.1, -0.05) is 34.6 Å². The van der Waals surface area contributed by atoms with Gasteiger partial charge in [0.1, 0.15) is 12.4 Å². The maximum atomic E-state index is 10.6. The van der Waals surface area contributed by atoms with E-state index in [1.54, 1.807) is 12.4 Å². The fraction of sp³-hybridized carbons (Fsp3) is 0.615. The molecule has 1 aromatic heterocycles. The highest BCUT2D eigenvalue weighted by Gasteiger charge is 1.98. The van der Waals surface area contributed by atoms with Crippen LogP contribution in [0.5, 0.6) is 5.75 Å². The molecule has 1 aromatic rings. The number of rotatable bonds is 4. The Bertz CT molecular complexity index is 284. The number of aromatic nitrogens is 2. The number of aryl methyl sites for hydroxylation is 1. The summed E-state index contributed by atoms with van der Waals surface area (Å²) in [5.74, 6) is 1.29. The van der Waals surface area contributed by atoms with Gasteiger partial charge in [-0.2, -0.15) is 0 Å². The molecule has 0 bridgehead atoms. The maximum Gasteiger partial charge on any atom is 0.167 e. The predicted octanol–water partition coefficient (Wildman–Crippen LogP) is 3.06. The molecule has 0 atom stereocenters. The van der Waals surface area contributed by atoms with Crippen LogP contribution in [0.15, 0.2) is 12.4 Å². The van der Waals surface area contributed by atoms with E-state index >= 15 is 0 Å². The van der Waals surface area contributed by atoms with Crippen LogP contribution in [0.4, 0.5) is 0 Å². The SMILES string of the molecule is CC.CC.CCc1ncc(OCC(C)=O)cn1. The Morgan fingerprint density at radius 2 is 1.65 bits per heavy atom. The summed E-state index contributed by atoms with van der Waals surface area (Å²) < 4.78 is 5.09. The van der Waals surface area contributed by atoms with Crippen LogP contribution in [-0.4, -0.2) is 22.4 Å². The lowest BCUT2D eigenvalue weighted by Gasteiger charge is -2.02. The van der Waals surface area contributed by atoms with Gasteiger partial charge in [0.15, 0.2) is 11.5 Å². The van der Waals surface area contributed by atoms with Gasteiger partial charge in [0.2, 0.25) is 0 Å². The Hall–Kier alpha value is -1.45. The molecule has 0 saturated heterocycles. The minimum Gasteiger partial charge on any atom is -0.483 e. The van der Waals surface area contributed by atoms with Crippen molar-refractivity contribution in [2.24, 2.45) is 0 Å². The highest BCUT2D eigenvalue weighted by atomic mass is 16.5.